The molecule has 1 fully saturated rings. The molecule has 0 radical (unpaired) electrons. The molecule has 0 aromatic heterocycles. The Labute approximate surface area is 73.1 Å². The molecule has 66 valence electrons. The lowest BCUT2D eigenvalue weighted by molar-refractivity contribution is 0.713. The summed E-state index contributed by atoms with van der Waals surface area (Å²) in [7, 11) is 0. The number of nitrogens with two attached hydrogens (primary N) is 2. The van der Waals surface area contributed by atoms with Gasteiger partial charge in [-0.2, -0.15) is 11.8 Å². The zero-order valence-corrected chi connectivity index (χ0v) is 7.94. The van der Waals surface area contributed by atoms with Crippen LogP contribution in [0.3, 0.4) is 0 Å². The van der Waals surface area contributed by atoms with Crippen molar-refractivity contribution in [1.82, 2.24) is 0 Å². The Kier molecular flexibility index (Phi) is 3.69. The SMILES string of the molecule is CC(CN)SC1CCCC1N. The number of hydrogen-bond acceptors (Lipinski definition) is 3. The van der Waals surface area contributed by atoms with Gasteiger partial charge < -0.3 is 11.5 Å². The minimum Gasteiger partial charge on any atom is -0.329 e. The molecule has 0 aromatic rings. The van der Waals surface area contributed by atoms with Gasteiger partial charge >= 0.3 is 0 Å². The number of thioether (sulfide) groups is 1. The molecule has 1 rings (SSSR count). The topological polar surface area (TPSA) is 52.0 Å². The molecule has 3 atom stereocenters. The molecule has 1 aliphatic rings. The lowest BCUT2D eigenvalue weighted by atomic mass is 10.3. The van der Waals surface area contributed by atoms with Crippen LogP contribution in [0.25, 0.3) is 0 Å². The summed E-state index contributed by atoms with van der Waals surface area (Å²) in [6, 6.07) is 0.425. The van der Waals surface area contributed by atoms with Crippen LogP contribution in [0.4, 0.5) is 0 Å². The molecule has 0 heterocycles. The summed E-state index contributed by atoms with van der Waals surface area (Å²) >= 11 is 1.97. The Morgan fingerprint density at radius 3 is 2.73 bits per heavy atom. The van der Waals surface area contributed by atoms with E-state index < -0.39 is 0 Å². The van der Waals surface area contributed by atoms with Crippen molar-refractivity contribution >= 4 is 11.8 Å². The summed E-state index contributed by atoms with van der Waals surface area (Å²) in [5.74, 6) is 0. The summed E-state index contributed by atoms with van der Waals surface area (Å²) in [5, 5.41) is 1.25. The zero-order chi connectivity index (χ0) is 8.27. The van der Waals surface area contributed by atoms with Crippen molar-refractivity contribution < 1.29 is 0 Å². The first-order chi connectivity index (χ1) is 5.24. The van der Waals surface area contributed by atoms with E-state index in [1.165, 1.54) is 19.3 Å². The van der Waals surface area contributed by atoms with Crippen LogP contribution < -0.4 is 11.5 Å². The Bertz CT molecular complexity index is 119. The Morgan fingerprint density at radius 1 is 1.55 bits per heavy atom. The third-order valence-corrected chi connectivity index (χ3v) is 3.83. The Morgan fingerprint density at radius 2 is 2.27 bits per heavy atom. The van der Waals surface area contributed by atoms with E-state index in [9.17, 15) is 0 Å². The maximum absolute atomic E-state index is 5.92. The highest BCUT2D eigenvalue weighted by Gasteiger charge is 2.25. The van der Waals surface area contributed by atoms with Crippen molar-refractivity contribution in [3.8, 4) is 0 Å². The molecule has 0 bridgehead atoms. The predicted octanol–water partition coefficient (Wildman–Crippen LogP) is 0.947. The summed E-state index contributed by atoms with van der Waals surface area (Å²) < 4.78 is 0. The van der Waals surface area contributed by atoms with Crippen LogP contribution in [0.2, 0.25) is 0 Å². The molecule has 2 nitrogen and oxygen atoms in total. The lowest BCUT2D eigenvalue weighted by Crippen LogP contribution is -2.29. The van der Waals surface area contributed by atoms with E-state index in [-0.39, 0.29) is 0 Å². The molecule has 0 saturated heterocycles. The maximum atomic E-state index is 5.92. The van der Waals surface area contributed by atoms with Gasteiger partial charge in [-0.25, -0.2) is 0 Å². The van der Waals surface area contributed by atoms with Gasteiger partial charge in [0.1, 0.15) is 0 Å². The largest absolute Gasteiger partial charge is 0.329 e. The highest BCUT2D eigenvalue weighted by Crippen LogP contribution is 2.30. The van der Waals surface area contributed by atoms with Crippen molar-refractivity contribution in [2.75, 3.05) is 6.54 Å². The molecule has 11 heavy (non-hydrogen) atoms. The van der Waals surface area contributed by atoms with E-state index in [0.29, 0.717) is 16.5 Å². The normalized spacial score (nSPS) is 34.1. The van der Waals surface area contributed by atoms with Crippen LogP contribution >= 0.6 is 11.8 Å². The molecular weight excluding hydrogens is 156 g/mol. The molecule has 4 N–H and O–H groups in total. The smallest absolute Gasteiger partial charge is 0.0202 e. The number of rotatable bonds is 3. The van der Waals surface area contributed by atoms with Gasteiger partial charge in [0.25, 0.3) is 0 Å². The zero-order valence-electron chi connectivity index (χ0n) is 7.12. The maximum Gasteiger partial charge on any atom is 0.0202 e. The van der Waals surface area contributed by atoms with E-state index in [1.54, 1.807) is 0 Å². The van der Waals surface area contributed by atoms with Gasteiger partial charge in [-0.05, 0) is 12.8 Å². The molecule has 0 amide bonds. The van der Waals surface area contributed by atoms with E-state index >= 15 is 0 Å². The van der Waals surface area contributed by atoms with Gasteiger partial charge in [0.05, 0.1) is 0 Å². The van der Waals surface area contributed by atoms with Crippen molar-refractivity contribution in [1.29, 1.82) is 0 Å². The molecule has 0 spiro atoms. The van der Waals surface area contributed by atoms with Gasteiger partial charge in [0, 0.05) is 23.1 Å². The molecular formula is C8H18N2S. The monoisotopic (exact) mass is 174 g/mol. The fraction of sp³-hybridized carbons (Fsp3) is 1.00. The fourth-order valence-corrected chi connectivity index (χ4v) is 2.83. The fourth-order valence-electron chi connectivity index (χ4n) is 1.48. The molecule has 1 saturated carbocycles. The van der Waals surface area contributed by atoms with E-state index in [1.807, 2.05) is 11.8 Å². The van der Waals surface area contributed by atoms with E-state index in [4.69, 9.17) is 11.5 Å². The van der Waals surface area contributed by atoms with Gasteiger partial charge in [-0.15, -0.1) is 0 Å². The summed E-state index contributed by atoms with van der Waals surface area (Å²) in [6.07, 6.45) is 3.79. The molecule has 3 heteroatoms. The first kappa shape index (κ1) is 9.36. The third kappa shape index (κ3) is 2.65. The molecule has 3 unspecified atom stereocenters. The van der Waals surface area contributed by atoms with Crippen molar-refractivity contribution in [2.45, 2.75) is 42.7 Å². The second-order valence-corrected chi connectivity index (χ2v) is 5.00. The van der Waals surface area contributed by atoms with Gasteiger partial charge in [0.15, 0.2) is 0 Å². The Hall–Kier alpha value is 0.270. The average molecular weight is 174 g/mol. The van der Waals surface area contributed by atoms with Crippen molar-refractivity contribution in [3.05, 3.63) is 0 Å². The minimum atomic E-state index is 0.425. The summed E-state index contributed by atoms with van der Waals surface area (Å²) in [6.45, 7) is 2.95. The van der Waals surface area contributed by atoms with Crippen molar-refractivity contribution in [3.63, 3.8) is 0 Å². The first-order valence-electron chi connectivity index (χ1n) is 4.35. The quantitative estimate of drug-likeness (QED) is 0.669. The van der Waals surface area contributed by atoms with Gasteiger partial charge in [-0.1, -0.05) is 13.3 Å². The minimum absolute atomic E-state index is 0.425. The predicted molar refractivity (Wildman–Crippen MR) is 51.7 cm³/mol. The summed E-state index contributed by atoms with van der Waals surface area (Å²) in [4.78, 5) is 0. The molecule has 0 aliphatic heterocycles. The first-order valence-corrected chi connectivity index (χ1v) is 5.29. The van der Waals surface area contributed by atoms with E-state index in [0.717, 1.165) is 6.54 Å². The van der Waals surface area contributed by atoms with E-state index in [2.05, 4.69) is 6.92 Å². The van der Waals surface area contributed by atoms with Gasteiger partial charge in [-0.3, -0.25) is 0 Å². The average Bonchev–Trinajstić information content (AvgIpc) is 2.37. The second kappa shape index (κ2) is 4.33. The van der Waals surface area contributed by atoms with Crippen LogP contribution in [-0.4, -0.2) is 23.1 Å². The van der Waals surface area contributed by atoms with Gasteiger partial charge in [0.2, 0.25) is 0 Å². The van der Waals surface area contributed by atoms with Crippen LogP contribution in [-0.2, 0) is 0 Å². The van der Waals surface area contributed by atoms with Crippen LogP contribution in [0, 0.1) is 0 Å². The standard InChI is InChI=1S/C8H18N2S/c1-6(5-9)11-8-4-2-3-7(8)10/h6-8H,2-5,9-10H2,1H3. The second-order valence-electron chi connectivity index (χ2n) is 3.32. The lowest BCUT2D eigenvalue weighted by Gasteiger charge is -2.18. The van der Waals surface area contributed by atoms with Crippen LogP contribution in [0.1, 0.15) is 26.2 Å². The molecule has 0 aromatic carbocycles. The third-order valence-electron chi connectivity index (χ3n) is 2.24. The van der Waals surface area contributed by atoms with Crippen molar-refractivity contribution in [2.24, 2.45) is 11.5 Å². The van der Waals surface area contributed by atoms with Crippen LogP contribution in [0.15, 0.2) is 0 Å². The molecule has 1 aliphatic carbocycles. The highest BCUT2D eigenvalue weighted by molar-refractivity contribution is 8.00. The highest BCUT2D eigenvalue weighted by atomic mass is 32.2. The number of hydrogen-bond donors (Lipinski definition) is 2. The summed E-state index contributed by atoms with van der Waals surface area (Å²) in [5.41, 5.74) is 11.5. The Balaban J connectivity index is 2.24. The van der Waals surface area contributed by atoms with Crippen LogP contribution in [0.5, 0.6) is 0 Å².